The summed E-state index contributed by atoms with van der Waals surface area (Å²) >= 11 is 3.36. The van der Waals surface area contributed by atoms with Gasteiger partial charge in [-0.05, 0) is 40.2 Å². The summed E-state index contributed by atoms with van der Waals surface area (Å²) in [6.07, 6.45) is 0. The highest BCUT2D eigenvalue weighted by molar-refractivity contribution is 9.10. The second-order valence-corrected chi connectivity index (χ2v) is 7.37. The number of rotatable bonds is 6. The summed E-state index contributed by atoms with van der Waals surface area (Å²) in [5.41, 5.74) is 1.25. The van der Waals surface area contributed by atoms with E-state index in [1.54, 1.807) is 18.2 Å². The molecule has 2 amide bonds. The van der Waals surface area contributed by atoms with Gasteiger partial charge in [-0.15, -0.1) is 0 Å². The van der Waals surface area contributed by atoms with Gasteiger partial charge in [0.15, 0.2) is 0 Å². The number of hydrogen-bond acceptors (Lipinski definition) is 4. The van der Waals surface area contributed by atoms with Crippen LogP contribution in [0.2, 0.25) is 0 Å². The third-order valence-corrected chi connectivity index (χ3v) is 5.22. The van der Waals surface area contributed by atoms with Gasteiger partial charge < -0.3 is 15.5 Å². The van der Waals surface area contributed by atoms with E-state index in [1.165, 1.54) is 6.07 Å². The van der Waals surface area contributed by atoms with Gasteiger partial charge in [0.25, 0.3) is 0 Å². The number of carbonyl (C=O) groups excluding carboxylic acids is 2. The lowest BCUT2D eigenvalue weighted by Crippen LogP contribution is -2.50. The molecule has 0 aromatic heterocycles. The van der Waals surface area contributed by atoms with E-state index < -0.39 is 0 Å². The Balaban J connectivity index is 1.39. The first kappa shape index (κ1) is 20.3. The molecular weight excluding hydrogens is 427 g/mol. The van der Waals surface area contributed by atoms with E-state index in [9.17, 15) is 14.0 Å². The van der Waals surface area contributed by atoms with Gasteiger partial charge in [0.05, 0.1) is 24.5 Å². The van der Waals surface area contributed by atoms with Gasteiger partial charge in [-0.3, -0.25) is 14.5 Å². The molecule has 6 nitrogen and oxygen atoms in total. The van der Waals surface area contributed by atoms with E-state index in [0.29, 0.717) is 37.6 Å². The minimum atomic E-state index is -0.287. The predicted octanol–water partition coefficient (Wildman–Crippen LogP) is 2.47. The molecule has 1 saturated heterocycles. The first-order valence-corrected chi connectivity index (χ1v) is 9.85. The summed E-state index contributed by atoms with van der Waals surface area (Å²) in [6, 6.07) is 14.0. The normalized spacial score (nSPS) is 14.6. The van der Waals surface area contributed by atoms with Crippen molar-refractivity contribution in [2.45, 2.75) is 0 Å². The standard InChI is InChI=1S/C20H22BrFN4O2/c21-15-5-1-3-7-17(15)24-19(27)13-23-20(28)14-25-9-11-26(12-10-25)18-8-4-2-6-16(18)22/h1-8H,9-14H2,(H,23,28)(H,24,27). The molecule has 2 aromatic carbocycles. The van der Waals surface area contributed by atoms with E-state index in [2.05, 4.69) is 26.6 Å². The zero-order valence-electron chi connectivity index (χ0n) is 15.3. The first-order chi connectivity index (χ1) is 13.5. The monoisotopic (exact) mass is 448 g/mol. The van der Waals surface area contributed by atoms with Crippen molar-refractivity contribution in [2.75, 3.05) is 49.5 Å². The molecule has 2 aromatic rings. The number of carbonyl (C=O) groups is 2. The van der Waals surface area contributed by atoms with Gasteiger partial charge in [-0.1, -0.05) is 24.3 Å². The molecule has 0 radical (unpaired) electrons. The molecule has 1 aliphatic heterocycles. The molecule has 148 valence electrons. The minimum absolute atomic E-state index is 0.0879. The maximum atomic E-state index is 13.9. The molecule has 8 heteroatoms. The van der Waals surface area contributed by atoms with Crippen LogP contribution < -0.4 is 15.5 Å². The van der Waals surface area contributed by atoms with Gasteiger partial charge in [0.1, 0.15) is 5.82 Å². The largest absolute Gasteiger partial charge is 0.367 e. The summed E-state index contributed by atoms with van der Waals surface area (Å²) in [4.78, 5) is 28.1. The van der Waals surface area contributed by atoms with Crippen molar-refractivity contribution in [1.29, 1.82) is 0 Å². The molecule has 0 aliphatic carbocycles. The van der Waals surface area contributed by atoms with E-state index >= 15 is 0 Å². The molecule has 3 rings (SSSR count). The lowest BCUT2D eigenvalue weighted by atomic mass is 10.2. The molecule has 28 heavy (non-hydrogen) atoms. The Hall–Kier alpha value is -2.45. The molecule has 0 spiro atoms. The number of nitrogens with zero attached hydrogens (tertiary/aromatic N) is 2. The molecule has 1 aliphatic rings. The lowest BCUT2D eigenvalue weighted by molar-refractivity contribution is -0.125. The van der Waals surface area contributed by atoms with Gasteiger partial charge in [-0.25, -0.2) is 4.39 Å². The van der Waals surface area contributed by atoms with Crippen LogP contribution in [0, 0.1) is 5.82 Å². The van der Waals surface area contributed by atoms with Gasteiger partial charge in [0.2, 0.25) is 11.8 Å². The van der Waals surface area contributed by atoms with Crippen molar-refractivity contribution in [1.82, 2.24) is 10.2 Å². The van der Waals surface area contributed by atoms with E-state index in [4.69, 9.17) is 0 Å². The van der Waals surface area contributed by atoms with Crippen LogP contribution in [0.4, 0.5) is 15.8 Å². The van der Waals surface area contributed by atoms with Crippen molar-refractivity contribution in [3.05, 3.63) is 58.8 Å². The fraction of sp³-hybridized carbons (Fsp3) is 0.300. The molecule has 1 fully saturated rings. The van der Waals surface area contributed by atoms with Crippen LogP contribution in [0.15, 0.2) is 53.0 Å². The maximum Gasteiger partial charge on any atom is 0.243 e. The van der Waals surface area contributed by atoms with Crippen molar-refractivity contribution in [3.8, 4) is 0 Å². The maximum absolute atomic E-state index is 13.9. The zero-order chi connectivity index (χ0) is 19.9. The number of anilines is 2. The summed E-state index contributed by atoms with van der Waals surface area (Å²) in [5, 5.41) is 5.38. The van der Waals surface area contributed by atoms with Crippen molar-refractivity contribution in [3.63, 3.8) is 0 Å². The Morgan fingerprint density at radius 1 is 0.964 bits per heavy atom. The number of piperazine rings is 1. The fourth-order valence-electron chi connectivity index (χ4n) is 3.05. The quantitative estimate of drug-likeness (QED) is 0.712. The van der Waals surface area contributed by atoms with E-state index in [-0.39, 0.29) is 30.7 Å². The SMILES string of the molecule is O=C(CN1CCN(c2ccccc2F)CC1)NCC(=O)Nc1ccccc1Br. The zero-order valence-corrected chi connectivity index (χ0v) is 16.9. The molecule has 0 unspecified atom stereocenters. The second-order valence-electron chi connectivity index (χ2n) is 6.52. The second kappa shape index (κ2) is 9.66. The van der Waals surface area contributed by atoms with Crippen LogP contribution in [0.1, 0.15) is 0 Å². The highest BCUT2D eigenvalue weighted by Gasteiger charge is 2.21. The number of para-hydroxylation sites is 2. The highest BCUT2D eigenvalue weighted by atomic mass is 79.9. The number of amides is 2. The first-order valence-electron chi connectivity index (χ1n) is 9.06. The van der Waals surface area contributed by atoms with Crippen LogP contribution in [-0.4, -0.2) is 56.0 Å². The lowest BCUT2D eigenvalue weighted by Gasteiger charge is -2.35. The Labute approximate surface area is 171 Å². The number of hydrogen-bond donors (Lipinski definition) is 2. The molecule has 0 atom stereocenters. The van der Waals surface area contributed by atoms with Crippen LogP contribution in [0.25, 0.3) is 0 Å². The Morgan fingerprint density at radius 2 is 1.64 bits per heavy atom. The topological polar surface area (TPSA) is 64.7 Å². The smallest absolute Gasteiger partial charge is 0.243 e. The van der Waals surface area contributed by atoms with Crippen LogP contribution in [0.3, 0.4) is 0 Å². The summed E-state index contributed by atoms with van der Waals surface area (Å²) in [5.74, 6) is -0.726. The Bertz CT molecular complexity index is 840. The molecule has 1 heterocycles. The van der Waals surface area contributed by atoms with Crippen LogP contribution >= 0.6 is 15.9 Å². The Kier molecular flexibility index (Phi) is 7.00. The average molecular weight is 449 g/mol. The van der Waals surface area contributed by atoms with Crippen molar-refractivity contribution < 1.29 is 14.0 Å². The van der Waals surface area contributed by atoms with E-state index in [1.807, 2.05) is 34.1 Å². The number of nitrogens with one attached hydrogen (secondary N) is 2. The van der Waals surface area contributed by atoms with Crippen molar-refractivity contribution >= 4 is 39.1 Å². The van der Waals surface area contributed by atoms with Crippen LogP contribution in [-0.2, 0) is 9.59 Å². The summed E-state index contributed by atoms with van der Waals surface area (Å²) in [6.45, 7) is 2.74. The molecule has 0 saturated carbocycles. The summed E-state index contributed by atoms with van der Waals surface area (Å²) in [7, 11) is 0. The van der Waals surface area contributed by atoms with E-state index in [0.717, 1.165) is 4.47 Å². The average Bonchev–Trinajstić information content (AvgIpc) is 2.69. The molecular formula is C20H22BrFN4O2. The number of benzene rings is 2. The third-order valence-electron chi connectivity index (χ3n) is 4.53. The van der Waals surface area contributed by atoms with Gasteiger partial charge in [-0.2, -0.15) is 0 Å². The van der Waals surface area contributed by atoms with Crippen LogP contribution in [0.5, 0.6) is 0 Å². The minimum Gasteiger partial charge on any atom is -0.367 e. The summed E-state index contributed by atoms with van der Waals surface area (Å²) < 4.78 is 14.7. The number of halogens is 2. The molecule has 2 N–H and O–H groups in total. The van der Waals surface area contributed by atoms with Crippen molar-refractivity contribution in [2.24, 2.45) is 0 Å². The predicted molar refractivity (Wildman–Crippen MR) is 111 cm³/mol. The highest BCUT2D eigenvalue weighted by Crippen LogP contribution is 2.21. The fourth-order valence-corrected chi connectivity index (χ4v) is 3.43. The third kappa shape index (κ3) is 5.53. The molecule has 0 bridgehead atoms. The Morgan fingerprint density at radius 3 is 2.36 bits per heavy atom. The van der Waals surface area contributed by atoms with Gasteiger partial charge in [0, 0.05) is 30.7 Å². The van der Waals surface area contributed by atoms with Gasteiger partial charge >= 0.3 is 0 Å².